The Morgan fingerprint density at radius 3 is 2.88 bits per heavy atom. The van der Waals surface area contributed by atoms with Crippen LogP contribution in [0.25, 0.3) is 0 Å². The van der Waals surface area contributed by atoms with Crippen molar-refractivity contribution in [2.75, 3.05) is 6.61 Å². The van der Waals surface area contributed by atoms with E-state index in [4.69, 9.17) is 14.5 Å². The molecule has 0 spiro atoms. The molecule has 0 aliphatic carbocycles. The molecule has 1 aromatic rings. The number of rotatable bonds is 3. The van der Waals surface area contributed by atoms with E-state index < -0.39 is 25.3 Å². The maximum Gasteiger partial charge on any atom is 0.492 e. The molecule has 0 aromatic heterocycles. The van der Waals surface area contributed by atoms with Gasteiger partial charge in [-0.2, -0.15) is 0 Å². The van der Waals surface area contributed by atoms with Crippen LogP contribution < -0.4 is 10.2 Å². The van der Waals surface area contributed by atoms with Crippen LogP contribution >= 0.6 is 0 Å². The van der Waals surface area contributed by atoms with Crippen LogP contribution in [-0.2, 0) is 15.0 Å². The van der Waals surface area contributed by atoms with Gasteiger partial charge in [0.25, 0.3) is 0 Å². The van der Waals surface area contributed by atoms with Crippen LogP contribution in [0.2, 0.25) is 0 Å². The zero-order valence-corrected chi connectivity index (χ0v) is 9.64. The van der Waals surface area contributed by atoms with Crippen LogP contribution in [0.4, 0.5) is 0 Å². The zero-order chi connectivity index (χ0) is 12.6. The molecule has 0 fully saturated rings. The van der Waals surface area contributed by atoms with E-state index in [9.17, 15) is 9.82 Å². The molecule has 1 heterocycles. The lowest BCUT2D eigenvalue weighted by atomic mass is 9.78. The largest absolute Gasteiger partial charge is 0.492 e. The number of hydrogen-bond acceptors (Lipinski definition) is 4. The maximum absolute atomic E-state index is 10.4. The minimum atomic E-state index is -1.04. The van der Waals surface area contributed by atoms with Gasteiger partial charge in [0, 0.05) is 0 Å². The molecule has 0 saturated heterocycles. The average molecular weight is 236 g/mol. The molecule has 90 valence electrons. The minimum Gasteiger partial charge on any atom is -0.482 e. The molecular weight excluding hydrogens is 223 g/mol. The fourth-order valence-corrected chi connectivity index (χ4v) is 1.93. The molecule has 5 nitrogen and oxygen atoms in total. The molecule has 1 aliphatic heterocycles. The van der Waals surface area contributed by atoms with Gasteiger partial charge in [-0.15, -0.1) is 0 Å². The van der Waals surface area contributed by atoms with Gasteiger partial charge in [0.15, 0.2) is 6.61 Å². The van der Waals surface area contributed by atoms with Crippen molar-refractivity contribution < 1.29 is 24.3 Å². The number of fused-ring (bicyclic) bond motifs is 1. The summed E-state index contributed by atoms with van der Waals surface area (Å²) in [6.07, 6.45) is 0. The Kier molecular flexibility index (Phi) is 2.85. The van der Waals surface area contributed by atoms with E-state index in [2.05, 4.69) is 0 Å². The van der Waals surface area contributed by atoms with Crippen molar-refractivity contribution in [3.63, 3.8) is 0 Å². The highest BCUT2D eigenvalue weighted by atomic mass is 16.5. The Hall–Kier alpha value is -1.53. The quantitative estimate of drug-likeness (QED) is 0.728. The first-order valence-corrected chi connectivity index (χ1v) is 5.25. The van der Waals surface area contributed by atoms with Gasteiger partial charge in [0.1, 0.15) is 5.75 Å². The standard InChI is InChI=1S/C11H13BO5/c1-11(2)8-4-3-7(16-6-10(13)14)5-9(8)12(15)17-11/h3-5,15H,6H2,1-2H3,(H,13,14). The second-order valence-electron chi connectivity index (χ2n) is 4.41. The highest BCUT2D eigenvalue weighted by molar-refractivity contribution is 6.62. The maximum atomic E-state index is 10.4. The highest BCUT2D eigenvalue weighted by Crippen LogP contribution is 2.31. The van der Waals surface area contributed by atoms with E-state index in [0.29, 0.717) is 11.2 Å². The Morgan fingerprint density at radius 2 is 2.24 bits per heavy atom. The number of hydrogen-bond donors (Lipinski definition) is 2. The Morgan fingerprint density at radius 1 is 1.53 bits per heavy atom. The van der Waals surface area contributed by atoms with Crippen LogP contribution in [0.15, 0.2) is 18.2 Å². The summed E-state index contributed by atoms with van der Waals surface area (Å²) in [5.74, 6) is -0.630. The van der Waals surface area contributed by atoms with Crippen molar-refractivity contribution in [2.24, 2.45) is 0 Å². The van der Waals surface area contributed by atoms with E-state index >= 15 is 0 Å². The number of ether oxygens (including phenoxy) is 1. The zero-order valence-electron chi connectivity index (χ0n) is 9.64. The van der Waals surface area contributed by atoms with Crippen LogP contribution in [0.1, 0.15) is 19.4 Å². The predicted molar refractivity (Wildman–Crippen MR) is 61.3 cm³/mol. The monoisotopic (exact) mass is 236 g/mol. The van der Waals surface area contributed by atoms with E-state index in [-0.39, 0.29) is 0 Å². The van der Waals surface area contributed by atoms with Gasteiger partial charge in [-0.3, -0.25) is 0 Å². The summed E-state index contributed by atoms with van der Waals surface area (Å²) < 4.78 is 10.4. The van der Waals surface area contributed by atoms with E-state index in [1.807, 2.05) is 13.8 Å². The van der Waals surface area contributed by atoms with Crippen molar-refractivity contribution in [1.29, 1.82) is 0 Å². The molecule has 0 amide bonds. The number of carboxylic acid groups (broad SMARTS) is 1. The van der Waals surface area contributed by atoms with Crippen LogP contribution in [0.3, 0.4) is 0 Å². The van der Waals surface area contributed by atoms with Gasteiger partial charge in [-0.25, -0.2) is 4.79 Å². The first-order chi connectivity index (χ1) is 7.90. The Bertz CT molecular complexity index is 457. The predicted octanol–water partition coefficient (Wildman–Crippen LogP) is 0.103. The molecule has 1 aromatic carbocycles. The number of aliphatic carboxylic acids is 1. The minimum absolute atomic E-state index is 0.404. The topological polar surface area (TPSA) is 76.0 Å². The van der Waals surface area contributed by atoms with Crippen molar-refractivity contribution in [3.05, 3.63) is 23.8 Å². The van der Waals surface area contributed by atoms with Gasteiger partial charge < -0.3 is 19.5 Å². The summed E-state index contributed by atoms with van der Waals surface area (Å²) in [5, 5.41) is 18.2. The number of carbonyl (C=O) groups is 1. The summed E-state index contributed by atoms with van der Waals surface area (Å²) in [5.41, 5.74) is 0.964. The van der Waals surface area contributed by atoms with Crippen molar-refractivity contribution in [2.45, 2.75) is 19.4 Å². The normalized spacial score (nSPS) is 16.8. The second-order valence-corrected chi connectivity index (χ2v) is 4.41. The third kappa shape index (κ3) is 2.27. The summed E-state index contributed by atoms with van der Waals surface area (Å²) in [4.78, 5) is 10.4. The summed E-state index contributed by atoms with van der Waals surface area (Å²) in [7, 11) is -0.992. The molecule has 2 N–H and O–H groups in total. The van der Waals surface area contributed by atoms with Gasteiger partial charge in [-0.1, -0.05) is 6.07 Å². The van der Waals surface area contributed by atoms with Crippen LogP contribution in [0, 0.1) is 0 Å². The Labute approximate surface area is 99.1 Å². The van der Waals surface area contributed by atoms with Crippen molar-refractivity contribution in [3.8, 4) is 5.75 Å². The number of carboxylic acids is 1. The fraction of sp³-hybridized carbons (Fsp3) is 0.364. The Balaban J connectivity index is 2.26. The van der Waals surface area contributed by atoms with Gasteiger partial charge in [-0.05, 0) is 37.0 Å². The SMILES string of the molecule is CC1(C)OB(O)c2cc(OCC(=O)O)ccc21. The average Bonchev–Trinajstić information content (AvgIpc) is 2.46. The molecule has 0 saturated carbocycles. The molecule has 17 heavy (non-hydrogen) atoms. The lowest BCUT2D eigenvalue weighted by Gasteiger charge is -2.19. The third-order valence-corrected chi connectivity index (χ3v) is 2.71. The third-order valence-electron chi connectivity index (χ3n) is 2.71. The van der Waals surface area contributed by atoms with E-state index in [0.717, 1.165) is 5.56 Å². The summed E-state index contributed by atoms with van der Waals surface area (Å²) >= 11 is 0. The molecular formula is C11H13BO5. The smallest absolute Gasteiger partial charge is 0.482 e. The first kappa shape index (κ1) is 11.9. The highest BCUT2D eigenvalue weighted by Gasteiger charge is 2.40. The van der Waals surface area contributed by atoms with Gasteiger partial charge in [0.2, 0.25) is 0 Å². The fourth-order valence-electron chi connectivity index (χ4n) is 1.93. The summed E-state index contributed by atoms with van der Waals surface area (Å²) in [6.45, 7) is 3.32. The van der Waals surface area contributed by atoms with Crippen LogP contribution in [-0.4, -0.2) is 29.8 Å². The lowest BCUT2D eigenvalue weighted by molar-refractivity contribution is -0.139. The van der Waals surface area contributed by atoms with E-state index in [1.54, 1.807) is 18.2 Å². The molecule has 0 bridgehead atoms. The molecule has 2 rings (SSSR count). The molecule has 6 heteroatoms. The van der Waals surface area contributed by atoms with Crippen molar-refractivity contribution in [1.82, 2.24) is 0 Å². The molecule has 0 unspecified atom stereocenters. The molecule has 0 radical (unpaired) electrons. The summed E-state index contributed by atoms with van der Waals surface area (Å²) in [6, 6.07) is 5.06. The van der Waals surface area contributed by atoms with E-state index in [1.165, 1.54) is 0 Å². The van der Waals surface area contributed by atoms with Gasteiger partial charge in [0.05, 0.1) is 5.60 Å². The first-order valence-electron chi connectivity index (χ1n) is 5.25. The van der Waals surface area contributed by atoms with Crippen molar-refractivity contribution >= 4 is 18.6 Å². The lowest BCUT2D eigenvalue weighted by Crippen LogP contribution is -2.28. The molecule has 0 atom stereocenters. The van der Waals surface area contributed by atoms with Gasteiger partial charge >= 0.3 is 13.1 Å². The second kappa shape index (κ2) is 4.05. The molecule has 1 aliphatic rings. The number of benzene rings is 1. The van der Waals surface area contributed by atoms with Crippen LogP contribution in [0.5, 0.6) is 5.75 Å².